The Morgan fingerprint density at radius 1 is 1.31 bits per heavy atom. The van der Waals surface area contributed by atoms with E-state index in [1.165, 1.54) is 0 Å². The zero-order chi connectivity index (χ0) is 18.6. The molecule has 1 aliphatic rings. The molecule has 0 aliphatic carbocycles. The number of aromatic nitrogens is 1. The molecular formula is C20H26N2O4. The lowest BCUT2D eigenvalue weighted by Crippen LogP contribution is -2.44. The first-order chi connectivity index (χ1) is 12.5. The molecule has 0 radical (unpaired) electrons. The smallest absolute Gasteiger partial charge is 0.257 e. The topological polar surface area (TPSA) is 84.6 Å². The number of rotatable bonds is 6. The molecule has 0 saturated carbocycles. The van der Waals surface area contributed by atoms with E-state index in [1.807, 2.05) is 37.3 Å². The Morgan fingerprint density at radius 3 is 2.69 bits per heavy atom. The Kier molecular flexibility index (Phi) is 5.74. The molecule has 1 aromatic carbocycles. The van der Waals surface area contributed by atoms with Crippen molar-refractivity contribution in [2.45, 2.75) is 51.2 Å². The third-order valence-electron chi connectivity index (χ3n) is 4.86. The fourth-order valence-corrected chi connectivity index (χ4v) is 3.49. The number of aryl methyl sites for hydroxylation is 1. The van der Waals surface area contributed by atoms with E-state index in [9.17, 15) is 9.90 Å². The highest BCUT2D eigenvalue weighted by Gasteiger charge is 2.32. The maximum atomic E-state index is 12.8. The van der Waals surface area contributed by atoms with Gasteiger partial charge in [0, 0.05) is 25.7 Å². The van der Waals surface area contributed by atoms with Gasteiger partial charge in [0.2, 0.25) is 0 Å². The van der Waals surface area contributed by atoms with Crippen molar-refractivity contribution in [3.8, 4) is 0 Å². The fraction of sp³-hybridized carbons (Fsp3) is 0.500. The second-order valence-corrected chi connectivity index (χ2v) is 7.14. The van der Waals surface area contributed by atoms with Crippen molar-refractivity contribution < 1.29 is 19.2 Å². The predicted octanol–water partition coefficient (Wildman–Crippen LogP) is 2.62. The minimum absolute atomic E-state index is 0.163. The lowest BCUT2D eigenvalue weighted by molar-refractivity contribution is -0.0714. The van der Waals surface area contributed by atoms with Gasteiger partial charge in [-0.25, -0.2) is 0 Å². The number of ether oxygens (including phenoxy) is 1. The lowest BCUT2D eigenvalue weighted by atomic mass is 9.88. The van der Waals surface area contributed by atoms with E-state index in [0.29, 0.717) is 55.9 Å². The summed E-state index contributed by atoms with van der Waals surface area (Å²) in [6, 6.07) is 9.69. The van der Waals surface area contributed by atoms with E-state index in [2.05, 4.69) is 10.5 Å². The van der Waals surface area contributed by atoms with Gasteiger partial charge in [-0.2, -0.15) is 0 Å². The Balaban J connectivity index is 1.66. The highest BCUT2D eigenvalue weighted by molar-refractivity contribution is 5.96. The van der Waals surface area contributed by atoms with Gasteiger partial charge >= 0.3 is 0 Å². The first-order valence-corrected chi connectivity index (χ1v) is 9.07. The molecule has 2 N–H and O–H groups in total. The molecule has 6 heteroatoms. The summed E-state index contributed by atoms with van der Waals surface area (Å²) in [5.74, 6) is 0.295. The zero-order valence-electron chi connectivity index (χ0n) is 15.3. The van der Waals surface area contributed by atoms with Gasteiger partial charge in [0.15, 0.2) is 0 Å². The number of hydrogen-bond donors (Lipinski definition) is 2. The first-order valence-electron chi connectivity index (χ1n) is 9.07. The molecule has 3 rings (SSSR count). The molecule has 1 aromatic heterocycles. The van der Waals surface area contributed by atoms with Crippen LogP contribution < -0.4 is 5.32 Å². The van der Waals surface area contributed by atoms with E-state index in [0.717, 1.165) is 5.56 Å². The molecule has 1 unspecified atom stereocenters. The fourth-order valence-electron chi connectivity index (χ4n) is 3.49. The Labute approximate surface area is 153 Å². The van der Waals surface area contributed by atoms with Gasteiger partial charge in [0.1, 0.15) is 17.0 Å². The highest BCUT2D eigenvalue weighted by Crippen LogP contribution is 2.26. The molecular weight excluding hydrogens is 332 g/mol. The van der Waals surface area contributed by atoms with Gasteiger partial charge in [-0.3, -0.25) is 4.79 Å². The summed E-state index contributed by atoms with van der Waals surface area (Å²) >= 11 is 0. The van der Waals surface area contributed by atoms with Crippen molar-refractivity contribution in [3.63, 3.8) is 0 Å². The number of nitrogens with zero attached hydrogens (tertiary/aromatic N) is 1. The molecule has 1 saturated heterocycles. The van der Waals surface area contributed by atoms with Crippen molar-refractivity contribution >= 4 is 5.91 Å². The van der Waals surface area contributed by atoms with E-state index in [4.69, 9.17) is 9.26 Å². The number of carbonyl (C=O) groups excluding carboxylic acids is 1. The Hall–Kier alpha value is -2.18. The van der Waals surface area contributed by atoms with Crippen LogP contribution in [0.15, 0.2) is 34.9 Å². The molecule has 2 heterocycles. The van der Waals surface area contributed by atoms with Crippen LogP contribution in [0.5, 0.6) is 0 Å². The summed E-state index contributed by atoms with van der Waals surface area (Å²) in [6.07, 6.45) is 2.23. The second kappa shape index (κ2) is 8.01. The van der Waals surface area contributed by atoms with Crippen molar-refractivity contribution in [2.75, 3.05) is 13.2 Å². The number of benzene rings is 1. The summed E-state index contributed by atoms with van der Waals surface area (Å²) in [5.41, 5.74) is 1.41. The van der Waals surface area contributed by atoms with Crippen LogP contribution in [0.25, 0.3) is 0 Å². The van der Waals surface area contributed by atoms with Gasteiger partial charge in [-0.15, -0.1) is 0 Å². The quantitative estimate of drug-likeness (QED) is 0.829. The van der Waals surface area contributed by atoms with Gasteiger partial charge in [-0.05, 0) is 38.7 Å². The van der Waals surface area contributed by atoms with Crippen LogP contribution in [-0.4, -0.2) is 41.0 Å². The van der Waals surface area contributed by atoms with Crippen LogP contribution in [0.1, 0.15) is 53.6 Å². The SMILES string of the molecule is Cc1onc(Cc2ccccc2)c1C(=O)NC(C)CC1(O)CCOCC1. The van der Waals surface area contributed by atoms with Crippen LogP contribution in [-0.2, 0) is 11.2 Å². The molecule has 6 nitrogen and oxygen atoms in total. The number of amides is 1. The van der Waals surface area contributed by atoms with Crippen molar-refractivity contribution in [1.82, 2.24) is 10.5 Å². The molecule has 1 aliphatic heterocycles. The van der Waals surface area contributed by atoms with E-state index in [-0.39, 0.29) is 11.9 Å². The number of carbonyl (C=O) groups is 1. The molecule has 1 atom stereocenters. The first kappa shape index (κ1) is 18.6. The summed E-state index contributed by atoms with van der Waals surface area (Å²) in [5, 5.41) is 17.7. The van der Waals surface area contributed by atoms with E-state index >= 15 is 0 Å². The molecule has 0 spiro atoms. The van der Waals surface area contributed by atoms with Gasteiger partial charge in [-0.1, -0.05) is 35.5 Å². The molecule has 140 valence electrons. The third kappa shape index (κ3) is 4.51. The van der Waals surface area contributed by atoms with Crippen molar-refractivity contribution in [2.24, 2.45) is 0 Å². The third-order valence-corrected chi connectivity index (χ3v) is 4.86. The Bertz CT molecular complexity index is 736. The minimum Gasteiger partial charge on any atom is -0.390 e. The van der Waals surface area contributed by atoms with Crippen LogP contribution >= 0.6 is 0 Å². The zero-order valence-corrected chi connectivity index (χ0v) is 15.3. The van der Waals surface area contributed by atoms with Crippen LogP contribution in [0.2, 0.25) is 0 Å². The van der Waals surface area contributed by atoms with Crippen LogP contribution in [0.4, 0.5) is 0 Å². The molecule has 26 heavy (non-hydrogen) atoms. The van der Waals surface area contributed by atoms with E-state index in [1.54, 1.807) is 6.92 Å². The summed E-state index contributed by atoms with van der Waals surface area (Å²) in [4.78, 5) is 12.8. The van der Waals surface area contributed by atoms with Gasteiger partial charge in [0.05, 0.1) is 5.60 Å². The lowest BCUT2D eigenvalue weighted by Gasteiger charge is -2.34. The standard InChI is InChI=1S/C20H26N2O4/c1-14(13-20(24)8-10-25-11-9-20)21-19(23)18-15(2)26-22-17(18)12-16-6-4-3-5-7-16/h3-7,14,24H,8-13H2,1-2H3,(H,21,23). The average molecular weight is 358 g/mol. The average Bonchev–Trinajstić information content (AvgIpc) is 2.96. The number of hydrogen-bond acceptors (Lipinski definition) is 5. The highest BCUT2D eigenvalue weighted by atomic mass is 16.5. The predicted molar refractivity (Wildman–Crippen MR) is 97.0 cm³/mol. The van der Waals surface area contributed by atoms with Crippen LogP contribution in [0, 0.1) is 6.92 Å². The monoisotopic (exact) mass is 358 g/mol. The molecule has 1 fully saturated rings. The summed E-state index contributed by atoms with van der Waals surface area (Å²) in [6.45, 7) is 4.77. The maximum Gasteiger partial charge on any atom is 0.257 e. The Morgan fingerprint density at radius 2 is 2.00 bits per heavy atom. The van der Waals surface area contributed by atoms with Crippen molar-refractivity contribution in [1.29, 1.82) is 0 Å². The van der Waals surface area contributed by atoms with Crippen LogP contribution in [0.3, 0.4) is 0 Å². The minimum atomic E-state index is -0.776. The number of aliphatic hydroxyl groups is 1. The van der Waals surface area contributed by atoms with Crippen molar-refractivity contribution in [3.05, 3.63) is 52.9 Å². The molecule has 0 bridgehead atoms. The van der Waals surface area contributed by atoms with Gasteiger partial charge < -0.3 is 19.7 Å². The molecule has 1 amide bonds. The normalized spacial score (nSPS) is 17.7. The maximum absolute atomic E-state index is 12.8. The largest absolute Gasteiger partial charge is 0.390 e. The molecule has 2 aromatic rings. The number of nitrogens with one attached hydrogen (secondary N) is 1. The summed E-state index contributed by atoms with van der Waals surface area (Å²) < 4.78 is 10.6. The summed E-state index contributed by atoms with van der Waals surface area (Å²) in [7, 11) is 0. The van der Waals surface area contributed by atoms with E-state index < -0.39 is 5.60 Å². The van der Waals surface area contributed by atoms with Gasteiger partial charge in [0.25, 0.3) is 5.91 Å². The second-order valence-electron chi connectivity index (χ2n) is 7.14.